The Labute approximate surface area is 105 Å². The third kappa shape index (κ3) is 8.00. The van der Waals surface area contributed by atoms with Gasteiger partial charge >= 0.3 is 0 Å². The molecule has 1 aromatic heterocycles. The van der Waals surface area contributed by atoms with E-state index in [9.17, 15) is 0 Å². The van der Waals surface area contributed by atoms with Crippen molar-refractivity contribution < 1.29 is 9.15 Å². The van der Waals surface area contributed by atoms with Crippen LogP contribution in [0.1, 0.15) is 45.8 Å². The zero-order valence-electron chi connectivity index (χ0n) is 11.3. The number of unbranched alkanes of at least 4 members (excludes halogenated alkanes) is 2. The third-order valence-corrected chi connectivity index (χ3v) is 2.45. The average molecular weight is 239 g/mol. The van der Waals surface area contributed by atoms with Crippen molar-refractivity contribution in [3.8, 4) is 0 Å². The number of hydrogen-bond acceptors (Lipinski definition) is 3. The summed E-state index contributed by atoms with van der Waals surface area (Å²) >= 11 is 0. The topological polar surface area (TPSA) is 34.4 Å². The van der Waals surface area contributed by atoms with E-state index in [0.29, 0.717) is 6.61 Å². The molecule has 98 valence electrons. The highest BCUT2D eigenvalue weighted by molar-refractivity contribution is 4.95. The molecular formula is C14H25NO2. The van der Waals surface area contributed by atoms with Crippen molar-refractivity contribution in [2.24, 2.45) is 0 Å². The predicted molar refractivity (Wildman–Crippen MR) is 70.0 cm³/mol. The molecule has 0 aliphatic rings. The summed E-state index contributed by atoms with van der Waals surface area (Å²) < 4.78 is 10.7. The summed E-state index contributed by atoms with van der Waals surface area (Å²) in [6, 6.07) is 3.82. The number of hydrogen-bond donors (Lipinski definition) is 1. The largest absolute Gasteiger partial charge is 0.467 e. The van der Waals surface area contributed by atoms with Crippen LogP contribution in [0.2, 0.25) is 0 Å². The van der Waals surface area contributed by atoms with E-state index >= 15 is 0 Å². The van der Waals surface area contributed by atoms with Crippen molar-refractivity contribution in [1.29, 1.82) is 0 Å². The van der Waals surface area contributed by atoms with E-state index in [1.54, 1.807) is 6.26 Å². The van der Waals surface area contributed by atoms with Gasteiger partial charge in [0.25, 0.3) is 0 Å². The van der Waals surface area contributed by atoms with Gasteiger partial charge in [-0.3, -0.25) is 0 Å². The van der Waals surface area contributed by atoms with E-state index in [0.717, 1.165) is 25.3 Å². The smallest absolute Gasteiger partial charge is 0.129 e. The van der Waals surface area contributed by atoms with Crippen LogP contribution >= 0.6 is 0 Å². The highest BCUT2D eigenvalue weighted by Gasteiger charge is 2.06. The second kappa shape index (κ2) is 7.51. The number of ether oxygens (including phenoxy) is 1. The van der Waals surface area contributed by atoms with Crippen molar-refractivity contribution in [3.63, 3.8) is 0 Å². The fourth-order valence-corrected chi connectivity index (χ4v) is 1.54. The molecule has 0 aromatic carbocycles. The summed E-state index contributed by atoms with van der Waals surface area (Å²) in [4.78, 5) is 0. The van der Waals surface area contributed by atoms with Crippen LogP contribution in [0.15, 0.2) is 22.8 Å². The van der Waals surface area contributed by atoms with E-state index in [1.807, 2.05) is 12.1 Å². The lowest BCUT2D eigenvalue weighted by Crippen LogP contribution is -2.36. The Hall–Kier alpha value is -0.800. The molecular weight excluding hydrogens is 214 g/mol. The van der Waals surface area contributed by atoms with E-state index in [2.05, 4.69) is 26.1 Å². The van der Waals surface area contributed by atoms with E-state index in [1.165, 1.54) is 12.8 Å². The van der Waals surface area contributed by atoms with Gasteiger partial charge in [-0.2, -0.15) is 0 Å². The Balaban J connectivity index is 1.85. The molecule has 0 amide bonds. The molecule has 0 bridgehead atoms. The molecule has 17 heavy (non-hydrogen) atoms. The lowest BCUT2D eigenvalue weighted by molar-refractivity contribution is 0.102. The minimum Gasteiger partial charge on any atom is -0.467 e. The Bertz CT molecular complexity index is 275. The first-order valence-corrected chi connectivity index (χ1v) is 6.43. The van der Waals surface area contributed by atoms with Crippen LogP contribution in [0.3, 0.4) is 0 Å². The SMILES string of the molecule is CC(C)(C)NCCCCCOCc1ccco1. The van der Waals surface area contributed by atoms with Gasteiger partial charge in [0.1, 0.15) is 12.4 Å². The molecule has 0 radical (unpaired) electrons. The zero-order chi connectivity index (χ0) is 12.6. The molecule has 0 aliphatic heterocycles. The van der Waals surface area contributed by atoms with Gasteiger partial charge in [0, 0.05) is 12.1 Å². The number of nitrogens with one attached hydrogen (secondary N) is 1. The molecule has 1 heterocycles. The molecule has 0 spiro atoms. The maximum atomic E-state index is 5.51. The summed E-state index contributed by atoms with van der Waals surface area (Å²) in [7, 11) is 0. The van der Waals surface area contributed by atoms with Crippen molar-refractivity contribution in [2.45, 2.75) is 52.2 Å². The first-order chi connectivity index (χ1) is 8.08. The number of rotatable bonds is 8. The summed E-state index contributed by atoms with van der Waals surface area (Å²) in [5.74, 6) is 0.902. The molecule has 0 atom stereocenters. The van der Waals surface area contributed by atoms with Crippen molar-refractivity contribution in [3.05, 3.63) is 24.2 Å². The lowest BCUT2D eigenvalue weighted by Gasteiger charge is -2.20. The van der Waals surface area contributed by atoms with Gasteiger partial charge in [-0.1, -0.05) is 0 Å². The van der Waals surface area contributed by atoms with Crippen molar-refractivity contribution in [2.75, 3.05) is 13.2 Å². The Morgan fingerprint density at radius 3 is 2.71 bits per heavy atom. The average Bonchev–Trinajstić information content (AvgIpc) is 2.73. The zero-order valence-corrected chi connectivity index (χ0v) is 11.3. The van der Waals surface area contributed by atoms with Gasteiger partial charge < -0.3 is 14.5 Å². The highest BCUT2D eigenvalue weighted by Crippen LogP contribution is 2.04. The third-order valence-electron chi connectivity index (χ3n) is 2.45. The molecule has 1 N–H and O–H groups in total. The first-order valence-electron chi connectivity index (χ1n) is 6.43. The molecule has 0 saturated heterocycles. The van der Waals surface area contributed by atoms with E-state index in [-0.39, 0.29) is 5.54 Å². The second-order valence-corrected chi connectivity index (χ2v) is 5.37. The molecule has 1 rings (SSSR count). The van der Waals surface area contributed by atoms with Crippen LogP contribution in [0.5, 0.6) is 0 Å². The number of furan rings is 1. The highest BCUT2D eigenvalue weighted by atomic mass is 16.5. The maximum Gasteiger partial charge on any atom is 0.129 e. The minimum absolute atomic E-state index is 0.232. The van der Waals surface area contributed by atoms with E-state index < -0.39 is 0 Å². The van der Waals surface area contributed by atoms with Gasteiger partial charge in [0.15, 0.2) is 0 Å². The minimum atomic E-state index is 0.232. The second-order valence-electron chi connectivity index (χ2n) is 5.37. The summed E-state index contributed by atoms with van der Waals surface area (Å²) in [6.07, 6.45) is 5.21. The normalized spacial score (nSPS) is 11.9. The van der Waals surface area contributed by atoms with Gasteiger partial charge in [0.2, 0.25) is 0 Å². The Kier molecular flexibility index (Phi) is 6.30. The maximum absolute atomic E-state index is 5.51. The summed E-state index contributed by atoms with van der Waals surface area (Å²) in [6.45, 7) is 9.07. The standard InChI is InChI=1S/C14H25NO2/c1-14(2,3)15-9-5-4-6-10-16-12-13-8-7-11-17-13/h7-8,11,15H,4-6,9-10,12H2,1-3H3. The molecule has 0 fully saturated rings. The molecule has 3 heteroatoms. The molecule has 3 nitrogen and oxygen atoms in total. The molecule has 0 aliphatic carbocycles. The van der Waals surface area contributed by atoms with Gasteiger partial charge in [-0.05, 0) is 58.7 Å². The fourth-order valence-electron chi connectivity index (χ4n) is 1.54. The van der Waals surface area contributed by atoms with Crippen LogP contribution in [0.25, 0.3) is 0 Å². The Morgan fingerprint density at radius 1 is 1.24 bits per heavy atom. The molecule has 0 saturated carbocycles. The van der Waals surface area contributed by atoms with Gasteiger partial charge in [-0.25, -0.2) is 0 Å². The molecule has 0 unspecified atom stereocenters. The van der Waals surface area contributed by atoms with Gasteiger partial charge in [0.05, 0.1) is 6.26 Å². The fraction of sp³-hybridized carbons (Fsp3) is 0.714. The molecule has 1 aromatic rings. The monoisotopic (exact) mass is 239 g/mol. The van der Waals surface area contributed by atoms with Crippen LogP contribution < -0.4 is 5.32 Å². The van der Waals surface area contributed by atoms with Crippen molar-refractivity contribution in [1.82, 2.24) is 5.32 Å². The predicted octanol–water partition coefficient (Wildman–Crippen LogP) is 3.35. The van der Waals surface area contributed by atoms with Gasteiger partial charge in [-0.15, -0.1) is 0 Å². The Morgan fingerprint density at radius 2 is 2.06 bits per heavy atom. The van der Waals surface area contributed by atoms with Crippen molar-refractivity contribution >= 4 is 0 Å². The van der Waals surface area contributed by atoms with Crippen LogP contribution in [0, 0.1) is 0 Å². The first kappa shape index (κ1) is 14.3. The van der Waals surface area contributed by atoms with E-state index in [4.69, 9.17) is 9.15 Å². The quantitative estimate of drug-likeness (QED) is 0.706. The van der Waals surface area contributed by atoms with Crippen LogP contribution in [0.4, 0.5) is 0 Å². The van der Waals surface area contributed by atoms with Crippen LogP contribution in [-0.4, -0.2) is 18.7 Å². The van der Waals surface area contributed by atoms with Crippen LogP contribution in [-0.2, 0) is 11.3 Å². The lowest BCUT2D eigenvalue weighted by atomic mass is 10.1. The summed E-state index contributed by atoms with van der Waals surface area (Å²) in [5, 5.41) is 3.48. The summed E-state index contributed by atoms with van der Waals surface area (Å²) in [5.41, 5.74) is 0.232.